The second-order valence-electron chi connectivity index (χ2n) is 14.3. The van der Waals surface area contributed by atoms with Gasteiger partial charge in [-0.15, -0.1) is 0 Å². The Kier molecular flexibility index (Phi) is 8.23. The molecule has 0 unspecified atom stereocenters. The molecule has 2 saturated heterocycles. The van der Waals surface area contributed by atoms with Gasteiger partial charge in [0.15, 0.2) is 23.7 Å². The lowest BCUT2D eigenvalue weighted by Gasteiger charge is -2.61. The quantitative estimate of drug-likeness (QED) is 0.329. The molecule has 0 radical (unpaired) electrons. The number of piperidine rings is 1. The number of esters is 2. The Hall–Kier alpha value is -3.84. The molecule has 0 aromatic heterocycles. The molecule has 6 rings (SSSR count). The summed E-state index contributed by atoms with van der Waals surface area (Å²) in [5, 5.41) is 15.0. The second kappa shape index (κ2) is 11.7. The van der Waals surface area contributed by atoms with Crippen LogP contribution in [0.2, 0.25) is 0 Å². The van der Waals surface area contributed by atoms with Crippen LogP contribution >= 0.6 is 0 Å². The van der Waals surface area contributed by atoms with E-state index in [1.807, 2.05) is 19.2 Å². The van der Waals surface area contributed by atoms with Gasteiger partial charge in [-0.2, -0.15) is 0 Å². The minimum Gasteiger partial charge on any atom is -0.493 e. The van der Waals surface area contributed by atoms with Crippen LogP contribution in [0.3, 0.4) is 0 Å². The molecule has 0 saturated carbocycles. The number of likely N-dealkylation sites (N-methyl/N-ethyl adjacent to an activating group) is 1. The molecule has 13 heteroatoms. The van der Waals surface area contributed by atoms with Gasteiger partial charge in [0.1, 0.15) is 23.4 Å². The van der Waals surface area contributed by atoms with E-state index in [-0.39, 0.29) is 18.2 Å². The van der Waals surface area contributed by atoms with Gasteiger partial charge in [-0.1, -0.05) is 6.07 Å². The lowest BCUT2D eigenvalue weighted by atomic mass is 9.50. The van der Waals surface area contributed by atoms with Gasteiger partial charge in [-0.3, -0.25) is 9.69 Å². The van der Waals surface area contributed by atoms with Crippen molar-refractivity contribution < 1.29 is 48.0 Å². The highest BCUT2D eigenvalue weighted by Gasteiger charge is 2.72. The SMILES string of the molecule is COc1ccc2c3c1O[C@H]1C(OC(=O)[C@H](C)OC(=O)[C@H](C)NC(=O)[C@@H]4CCCN4C(=O)OC(C)(C)C)=CC[C@@]4(O)[C@@H](C2)N(C)CC[C@]314. The number of carbonyl (C=O) groups excluding carboxylic acids is 4. The van der Waals surface area contributed by atoms with Crippen molar-refractivity contribution in [3.05, 3.63) is 35.1 Å². The molecular formula is C34H45N3O10. The first kappa shape index (κ1) is 33.1. The molecule has 47 heavy (non-hydrogen) atoms. The second-order valence-corrected chi connectivity index (χ2v) is 14.3. The average molecular weight is 656 g/mol. The lowest BCUT2D eigenvalue weighted by Crippen LogP contribution is -2.74. The number of hydrogen-bond acceptors (Lipinski definition) is 11. The molecule has 2 amide bonds. The summed E-state index contributed by atoms with van der Waals surface area (Å²) in [6, 6.07) is 1.84. The first-order valence-electron chi connectivity index (χ1n) is 16.3. The Bertz CT molecular complexity index is 1520. The Balaban J connectivity index is 1.12. The van der Waals surface area contributed by atoms with Crippen LogP contribution in [0, 0.1) is 0 Å². The van der Waals surface area contributed by atoms with Gasteiger partial charge in [0, 0.05) is 24.6 Å². The number of carbonyl (C=O) groups is 4. The molecule has 3 aliphatic heterocycles. The highest BCUT2D eigenvalue weighted by molar-refractivity contribution is 5.90. The van der Waals surface area contributed by atoms with Crippen LogP contribution in [0.15, 0.2) is 24.0 Å². The van der Waals surface area contributed by atoms with Crippen molar-refractivity contribution in [3.8, 4) is 11.5 Å². The van der Waals surface area contributed by atoms with Gasteiger partial charge in [0.05, 0.1) is 18.1 Å². The standard InChI is InChI=1S/C34H45N3O10/c1-18(35-28(38)21-9-8-15-37(21)31(41)47-32(3,4)5)29(39)44-19(2)30(40)45-23-12-13-34(42)24-17-20-10-11-22(43-7)26-25(20)33(34,27(23)46-26)14-16-36(24)6/h10-12,18-19,21,24,27,42H,8-9,13-17H2,1-7H3,(H,35,38)/t18-,19-,21-,24+,27-,33-,34+/m0/s1. The minimum absolute atomic E-state index is 0.153. The predicted molar refractivity (Wildman–Crippen MR) is 167 cm³/mol. The van der Waals surface area contributed by atoms with E-state index >= 15 is 0 Å². The summed E-state index contributed by atoms with van der Waals surface area (Å²) >= 11 is 0. The third-order valence-electron chi connectivity index (χ3n) is 10.3. The van der Waals surface area contributed by atoms with Crippen LogP contribution in [-0.2, 0) is 40.4 Å². The summed E-state index contributed by atoms with van der Waals surface area (Å²) in [5.41, 5.74) is -0.741. The Labute approximate surface area is 274 Å². The van der Waals surface area contributed by atoms with Crippen molar-refractivity contribution in [2.75, 3.05) is 27.2 Å². The van der Waals surface area contributed by atoms with Crippen molar-refractivity contribution in [1.82, 2.24) is 15.1 Å². The zero-order chi connectivity index (χ0) is 34.1. The molecule has 3 heterocycles. The molecule has 1 aromatic rings. The number of likely N-dealkylation sites (tertiary alicyclic amines) is 2. The highest BCUT2D eigenvalue weighted by Crippen LogP contribution is 2.65. The van der Waals surface area contributed by atoms with Crippen LogP contribution in [0.1, 0.15) is 71.4 Å². The van der Waals surface area contributed by atoms with Gasteiger partial charge in [-0.05, 0) is 91.6 Å². The van der Waals surface area contributed by atoms with E-state index in [4.69, 9.17) is 23.7 Å². The van der Waals surface area contributed by atoms with Crippen LogP contribution in [0.5, 0.6) is 11.5 Å². The van der Waals surface area contributed by atoms with E-state index < -0.39 is 64.8 Å². The van der Waals surface area contributed by atoms with Gasteiger partial charge in [0.2, 0.25) is 5.91 Å². The molecule has 1 aromatic carbocycles. The summed E-state index contributed by atoms with van der Waals surface area (Å²) < 4.78 is 28.9. The number of rotatable bonds is 7. The zero-order valence-corrected chi connectivity index (χ0v) is 28.1. The minimum atomic E-state index is -1.31. The fourth-order valence-electron chi connectivity index (χ4n) is 8.06. The number of amides is 2. The molecule has 13 nitrogen and oxygen atoms in total. The molecule has 2 N–H and O–H groups in total. The maximum atomic E-state index is 13.3. The molecule has 5 aliphatic rings. The van der Waals surface area contributed by atoms with E-state index in [9.17, 15) is 24.3 Å². The maximum Gasteiger partial charge on any atom is 0.410 e. The molecular weight excluding hydrogens is 610 g/mol. The van der Waals surface area contributed by atoms with E-state index in [0.29, 0.717) is 43.7 Å². The van der Waals surface area contributed by atoms with Crippen molar-refractivity contribution in [2.24, 2.45) is 0 Å². The Morgan fingerprint density at radius 1 is 1.13 bits per heavy atom. The monoisotopic (exact) mass is 655 g/mol. The largest absolute Gasteiger partial charge is 0.493 e. The Morgan fingerprint density at radius 3 is 2.57 bits per heavy atom. The number of hydrogen-bond donors (Lipinski definition) is 2. The lowest BCUT2D eigenvalue weighted by molar-refractivity contribution is -0.176. The molecule has 2 fully saturated rings. The van der Waals surface area contributed by atoms with E-state index in [1.165, 1.54) is 18.7 Å². The van der Waals surface area contributed by atoms with Crippen LogP contribution in [0.25, 0.3) is 0 Å². The van der Waals surface area contributed by atoms with Crippen LogP contribution < -0.4 is 14.8 Å². The topological polar surface area (TPSA) is 153 Å². The van der Waals surface area contributed by atoms with Crippen molar-refractivity contribution in [2.45, 2.75) is 114 Å². The van der Waals surface area contributed by atoms with Crippen molar-refractivity contribution >= 4 is 23.9 Å². The summed E-state index contributed by atoms with van der Waals surface area (Å²) in [7, 11) is 3.58. The van der Waals surface area contributed by atoms with Gasteiger partial charge < -0.3 is 39.0 Å². The molecule has 7 atom stereocenters. The van der Waals surface area contributed by atoms with E-state index in [2.05, 4.69) is 10.2 Å². The zero-order valence-electron chi connectivity index (χ0n) is 28.1. The number of ether oxygens (including phenoxy) is 5. The number of methoxy groups -OCH3 is 1. The number of nitrogens with zero attached hydrogens (tertiary/aromatic N) is 2. The van der Waals surface area contributed by atoms with Gasteiger partial charge in [-0.25, -0.2) is 14.4 Å². The summed E-state index contributed by atoms with van der Waals surface area (Å²) in [6.45, 7) is 9.17. The van der Waals surface area contributed by atoms with Gasteiger partial charge >= 0.3 is 18.0 Å². The van der Waals surface area contributed by atoms with Crippen LogP contribution in [0.4, 0.5) is 4.79 Å². The van der Waals surface area contributed by atoms with Crippen molar-refractivity contribution in [3.63, 3.8) is 0 Å². The van der Waals surface area contributed by atoms with Gasteiger partial charge in [0.25, 0.3) is 0 Å². The maximum absolute atomic E-state index is 13.3. The van der Waals surface area contributed by atoms with Crippen molar-refractivity contribution in [1.29, 1.82) is 0 Å². The number of aliphatic hydroxyl groups is 1. The molecule has 2 bridgehead atoms. The average Bonchev–Trinajstić information content (AvgIpc) is 3.63. The Morgan fingerprint density at radius 2 is 1.87 bits per heavy atom. The summed E-state index contributed by atoms with van der Waals surface area (Å²) in [6.07, 6.45) is 1.55. The molecule has 2 aliphatic carbocycles. The highest BCUT2D eigenvalue weighted by atomic mass is 16.6. The number of benzene rings is 1. The molecule has 1 spiro atoms. The first-order valence-corrected chi connectivity index (χ1v) is 16.3. The van der Waals surface area contributed by atoms with E-state index in [1.54, 1.807) is 34.0 Å². The number of nitrogens with one attached hydrogen (secondary N) is 1. The summed E-state index contributed by atoms with van der Waals surface area (Å²) in [5.74, 6) is -0.811. The molecule has 256 valence electrons. The predicted octanol–water partition coefficient (Wildman–Crippen LogP) is 2.35. The van der Waals surface area contributed by atoms with Crippen LogP contribution in [-0.4, -0.2) is 108 Å². The third kappa shape index (κ3) is 5.31. The fraction of sp³-hybridized carbons (Fsp3) is 0.647. The normalized spacial score (nSPS) is 30.3. The fourth-order valence-corrected chi connectivity index (χ4v) is 8.06. The smallest absolute Gasteiger partial charge is 0.410 e. The third-order valence-corrected chi connectivity index (χ3v) is 10.3. The summed E-state index contributed by atoms with van der Waals surface area (Å²) in [4.78, 5) is 55.5. The van der Waals surface area contributed by atoms with E-state index in [0.717, 1.165) is 17.7 Å². The first-order chi connectivity index (χ1) is 22.1.